The van der Waals surface area contributed by atoms with Gasteiger partial charge in [0, 0.05) is 22.1 Å². The predicted molar refractivity (Wildman–Crippen MR) is 158 cm³/mol. The number of benzene rings is 3. The molecule has 6 nitrogen and oxygen atoms in total. The first-order valence-corrected chi connectivity index (χ1v) is 13.3. The van der Waals surface area contributed by atoms with E-state index in [1.165, 1.54) is 17.0 Å². The number of hydrogen-bond donors (Lipinski definition) is 1. The van der Waals surface area contributed by atoms with E-state index in [1.807, 2.05) is 55.7 Å². The van der Waals surface area contributed by atoms with Gasteiger partial charge in [-0.15, -0.1) is 0 Å². The van der Waals surface area contributed by atoms with E-state index in [-0.39, 0.29) is 16.5 Å². The van der Waals surface area contributed by atoms with Crippen molar-refractivity contribution in [3.05, 3.63) is 117 Å². The van der Waals surface area contributed by atoms with Gasteiger partial charge in [0.15, 0.2) is 5.11 Å². The Kier molecular flexibility index (Phi) is 7.56. The first kappa shape index (κ1) is 27.3. The molecule has 0 spiro atoms. The van der Waals surface area contributed by atoms with Crippen LogP contribution in [0.2, 0.25) is 5.02 Å². The van der Waals surface area contributed by atoms with Crippen molar-refractivity contribution in [2.75, 3.05) is 4.90 Å². The summed E-state index contributed by atoms with van der Waals surface area (Å²) in [6.45, 7) is 6.06. The van der Waals surface area contributed by atoms with E-state index in [4.69, 9.17) is 28.6 Å². The minimum Gasteiger partial charge on any atom is -0.489 e. The number of rotatable bonds is 6. The number of halogens is 2. The van der Waals surface area contributed by atoms with Crippen LogP contribution in [-0.4, -0.2) is 21.5 Å². The summed E-state index contributed by atoms with van der Waals surface area (Å²) in [6.07, 6.45) is 1.58. The molecule has 5 rings (SSSR count). The topological polar surface area (TPSA) is 63.6 Å². The van der Waals surface area contributed by atoms with Crippen molar-refractivity contribution in [1.29, 1.82) is 0 Å². The molecule has 0 radical (unpaired) electrons. The summed E-state index contributed by atoms with van der Waals surface area (Å²) in [7, 11) is 0. The lowest BCUT2D eigenvalue weighted by Crippen LogP contribution is -2.54. The molecule has 1 aromatic heterocycles. The molecule has 2 amide bonds. The molecular weight excluding hydrogens is 549 g/mol. The molecule has 0 unspecified atom stereocenters. The molecule has 0 atom stereocenters. The van der Waals surface area contributed by atoms with Crippen molar-refractivity contribution in [3.8, 4) is 11.4 Å². The van der Waals surface area contributed by atoms with Gasteiger partial charge in [-0.1, -0.05) is 29.8 Å². The third-order valence-corrected chi connectivity index (χ3v) is 7.39. The number of carbonyl (C=O) groups is 2. The molecule has 3 aromatic carbocycles. The molecule has 9 heteroatoms. The number of thiocarbonyl (C=S) groups is 1. The highest BCUT2D eigenvalue weighted by Crippen LogP contribution is 2.29. The molecule has 0 bridgehead atoms. The summed E-state index contributed by atoms with van der Waals surface area (Å²) in [5.41, 5.74) is 5.56. The second-order valence-electron chi connectivity index (χ2n) is 9.46. The van der Waals surface area contributed by atoms with E-state index in [0.29, 0.717) is 23.1 Å². The molecule has 0 saturated carbocycles. The molecule has 1 saturated heterocycles. The van der Waals surface area contributed by atoms with Crippen LogP contribution in [0.25, 0.3) is 11.8 Å². The Balaban J connectivity index is 1.40. The zero-order valence-corrected chi connectivity index (χ0v) is 23.6. The molecule has 40 heavy (non-hydrogen) atoms. The Bertz CT molecular complexity index is 1680. The van der Waals surface area contributed by atoms with E-state index < -0.39 is 11.8 Å². The fraction of sp³-hybridized carbons (Fsp3) is 0.129. The fourth-order valence-electron chi connectivity index (χ4n) is 4.54. The summed E-state index contributed by atoms with van der Waals surface area (Å²) in [4.78, 5) is 27.6. The van der Waals surface area contributed by atoms with Gasteiger partial charge in [0.1, 0.15) is 23.7 Å². The van der Waals surface area contributed by atoms with Gasteiger partial charge in [0.05, 0.1) is 5.69 Å². The lowest BCUT2D eigenvalue weighted by atomic mass is 10.1. The van der Waals surface area contributed by atoms with Crippen molar-refractivity contribution < 1.29 is 18.7 Å². The van der Waals surface area contributed by atoms with Gasteiger partial charge < -0.3 is 9.30 Å². The summed E-state index contributed by atoms with van der Waals surface area (Å²) in [5.74, 6) is -0.696. The average molecular weight is 574 g/mol. The first-order valence-electron chi connectivity index (χ1n) is 12.5. The lowest BCUT2D eigenvalue weighted by Gasteiger charge is -2.29. The van der Waals surface area contributed by atoms with Gasteiger partial charge in [0.2, 0.25) is 0 Å². The standard InChI is InChI=1S/C31H25ClFN3O3S/c1-18-4-9-25(16-28(18)32)36-30(38)27(29(37)34-31(36)40)15-22-14-19(2)35(20(22)3)24-10-12-26(13-11-24)39-17-21-5-7-23(33)8-6-21/h4-16H,17H2,1-3H3,(H,34,37,40)/b27-15+. The molecule has 0 aliphatic carbocycles. The van der Waals surface area contributed by atoms with Crippen LogP contribution in [0, 0.1) is 26.6 Å². The number of anilines is 1. The van der Waals surface area contributed by atoms with Crippen LogP contribution in [0.1, 0.15) is 28.1 Å². The molecule has 1 fully saturated rings. The molecule has 1 aliphatic rings. The van der Waals surface area contributed by atoms with Crippen LogP contribution in [0.3, 0.4) is 0 Å². The monoisotopic (exact) mass is 573 g/mol. The van der Waals surface area contributed by atoms with Gasteiger partial charge in [-0.05, 0) is 110 Å². The Hall–Kier alpha value is -4.27. The molecule has 1 N–H and O–H groups in total. The highest BCUT2D eigenvalue weighted by molar-refractivity contribution is 7.80. The third-order valence-electron chi connectivity index (χ3n) is 6.70. The Morgan fingerprint density at radius 3 is 2.30 bits per heavy atom. The molecule has 202 valence electrons. The van der Waals surface area contributed by atoms with Crippen molar-refractivity contribution in [2.24, 2.45) is 0 Å². The summed E-state index contributed by atoms with van der Waals surface area (Å²) >= 11 is 11.6. The average Bonchev–Trinajstić information content (AvgIpc) is 3.20. The zero-order valence-electron chi connectivity index (χ0n) is 22.0. The fourth-order valence-corrected chi connectivity index (χ4v) is 4.99. The normalized spacial score (nSPS) is 14.6. The van der Waals surface area contributed by atoms with Crippen molar-refractivity contribution in [3.63, 3.8) is 0 Å². The Labute approximate surface area is 241 Å². The highest BCUT2D eigenvalue weighted by atomic mass is 35.5. The number of nitrogens with one attached hydrogen (secondary N) is 1. The van der Waals surface area contributed by atoms with Crippen molar-refractivity contribution in [2.45, 2.75) is 27.4 Å². The maximum absolute atomic E-state index is 13.5. The first-order chi connectivity index (χ1) is 19.1. The van der Waals surface area contributed by atoms with Gasteiger partial charge in [-0.25, -0.2) is 4.39 Å². The van der Waals surface area contributed by atoms with E-state index in [0.717, 1.165) is 33.8 Å². The second-order valence-corrected chi connectivity index (χ2v) is 10.3. The third kappa shape index (κ3) is 5.41. The SMILES string of the molecule is Cc1ccc(N2C(=O)/C(=C/c3cc(C)n(-c4ccc(OCc5ccc(F)cc5)cc4)c3C)C(=O)NC2=S)cc1Cl. The number of carbonyl (C=O) groups excluding carboxylic acids is 2. The van der Waals surface area contributed by atoms with E-state index >= 15 is 0 Å². The van der Waals surface area contributed by atoms with Crippen LogP contribution in [-0.2, 0) is 16.2 Å². The van der Waals surface area contributed by atoms with Crippen LogP contribution in [0.5, 0.6) is 5.75 Å². The minimum absolute atomic E-state index is 0.000667. The smallest absolute Gasteiger partial charge is 0.270 e. The lowest BCUT2D eigenvalue weighted by molar-refractivity contribution is -0.122. The maximum atomic E-state index is 13.5. The summed E-state index contributed by atoms with van der Waals surface area (Å²) in [5, 5.41) is 3.11. The van der Waals surface area contributed by atoms with Crippen LogP contribution < -0.4 is 15.0 Å². The summed E-state index contributed by atoms with van der Waals surface area (Å²) < 4.78 is 21.0. The van der Waals surface area contributed by atoms with Gasteiger partial charge in [-0.2, -0.15) is 0 Å². The van der Waals surface area contributed by atoms with E-state index in [2.05, 4.69) is 5.32 Å². The number of nitrogens with zero attached hydrogens (tertiary/aromatic N) is 2. The number of aryl methyl sites for hydroxylation is 2. The molecular formula is C31H25ClFN3O3S. The van der Waals surface area contributed by atoms with E-state index in [9.17, 15) is 14.0 Å². The molecule has 2 heterocycles. The van der Waals surface area contributed by atoms with E-state index in [1.54, 1.807) is 36.4 Å². The Morgan fingerprint density at radius 2 is 1.62 bits per heavy atom. The number of hydrogen-bond acceptors (Lipinski definition) is 4. The number of amides is 2. The molecule has 4 aromatic rings. The zero-order chi connectivity index (χ0) is 28.6. The number of ether oxygens (including phenoxy) is 1. The van der Waals surface area contributed by atoms with Crippen LogP contribution in [0.4, 0.5) is 10.1 Å². The van der Waals surface area contributed by atoms with Gasteiger partial charge in [-0.3, -0.25) is 19.8 Å². The van der Waals surface area contributed by atoms with Gasteiger partial charge >= 0.3 is 0 Å². The minimum atomic E-state index is -0.558. The summed E-state index contributed by atoms with van der Waals surface area (Å²) in [6, 6.07) is 20.8. The van der Waals surface area contributed by atoms with Gasteiger partial charge in [0.25, 0.3) is 11.8 Å². The largest absolute Gasteiger partial charge is 0.489 e. The quantitative estimate of drug-likeness (QED) is 0.160. The molecule has 1 aliphatic heterocycles. The Morgan fingerprint density at radius 1 is 0.950 bits per heavy atom. The van der Waals surface area contributed by atoms with Crippen LogP contribution >= 0.6 is 23.8 Å². The highest BCUT2D eigenvalue weighted by Gasteiger charge is 2.35. The predicted octanol–water partition coefficient (Wildman–Crippen LogP) is 6.61. The van der Waals surface area contributed by atoms with Crippen LogP contribution in [0.15, 0.2) is 78.4 Å². The number of aromatic nitrogens is 1. The van der Waals surface area contributed by atoms with Crippen molar-refractivity contribution in [1.82, 2.24) is 9.88 Å². The maximum Gasteiger partial charge on any atom is 0.270 e. The second kappa shape index (κ2) is 11.1. The van der Waals surface area contributed by atoms with Crippen molar-refractivity contribution >= 4 is 52.5 Å².